The van der Waals surface area contributed by atoms with Crippen LogP contribution in [0, 0.1) is 27.7 Å². The molecule has 0 aliphatic rings. The Morgan fingerprint density at radius 3 is 1.22 bits per heavy atom. The molecule has 0 radical (unpaired) electrons. The maximum atomic E-state index is 2.57. The summed E-state index contributed by atoms with van der Waals surface area (Å²) in [5.41, 5.74) is 18.2. The normalized spacial score (nSPS) is 12.4. The minimum Gasteiger partial charge on any atom is -0.306 e. The molecule has 0 aliphatic heterocycles. The van der Waals surface area contributed by atoms with E-state index in [0.29, 0.717) is 0 Å². The van der Waals surface area contributed by atoms with Crippen LogP contribution in [0.3, 0.4) is 0 Å². The summed E-state index contributed by atoms with van der Waals surface area (Å²) in [6, 6.07) is 45.6. The van der Waals surface area contributed by atoms with E-state index in [4.69, 9.17) is 0 Å². The Bertz CT molecular complexity index is 2990. The van der Waals surface area contributed by atoms with Crippen molar-refractivity contribution < 1.29 is 0 Å². The Kier molecular flexibility index (Phi) is 5.72. The predicted molar refractivity (Wildman–Crippen MR) is 219 cm³/mol. The van der Waals surface area contributed by atoms with Crippen LogP contribution in [0.15, 0.2) is 121 Å². The van der Waals surface area contributed by atoms with Crippen molar-refractivity contribution in [1.29, 1.82) is 0 Å². The molecule has 0 saturated heterocycles. The minimum absolute atomic E-state index is 1.26. The summed E-state index contributed by atoms with van der Waals surface area (Å²) in [6.45, 7) is 8.95. The molecule has 2 nitrogen and oxygen atoms in total. The molecule has 4 aromatic heterocycles. The number of aromatic nitrogens is 2. The summed E-state index contributed by atoms with van der Waals surface area (Å²) in [5.74, 6) is 0. The molecule has 0 spiro atoms. The number of nitrogens with zero attached hydrogens (tertiary/aromatic N) is 2. The summed E-state index contributed by atoms with van der Waals surface area (Å²) in [5, 5.41) is 5.35. The van der Waals surface area contributed by atoms with Gasteiger partial charge in [0.25, 0.3) is 0 Å². The fraction of sp³-hybridized carbons (Fsp3) is 0.0870. The van der Waals surface area contributed by atoms with Gasteiger partial charge in [0.1, 0.15) is 0 Å². The third-order valence-electron chi connectivity index (χ3n) is 11.0. The number of benzene rings is 7. The maximum absolute atomic E-state index is 2.57. The fourth-order valence-electron chi connectivity index (χ4n) is 8.93. The van der Waals surface area contributed by atoms with Crippen molar-refractivity contribution in [2.45, 2.75) is 27.7 Å². The fourth-order valence-corrected chi connectivity index (χ4v) is 11.4. The highest BCUT2D eigenvalue weighted by molar-refractivity contribution is 7.27. The minimum atomic E-state index is 1.26. The van der Waals surface area contributed by atoms with Gasteiger partial charge in [-0.1, -0.05) is 72.8 Å². The SMILES string of the molecule is Cc1cccc(C)c1-c1ccc2c(c1)c1c3sc4ccccc4n4c5ccc(-c6c(C)cccc6C)cc5c(c5sc6ccccc6n2c51)c34. The average molecular weight is 677 g/mol. The molecule has 0 atom stereocenters. The zero-order chi connectivity index (χ0) is 33.4. The Morgan fingerprint density at radius 2 is 0.800 bits per heavy atom. The van der Waals surface area contributed by atoms with Crippen molar-refractivity contribution in [3.8, 4) is 22.3 Å². The Balaban J connectivity index is 1.43. The van der Waals surface area contributed by atoms with Gasteiger partial charge in [-0.25, -0.2) is 0 Å². The van der Waals surface area contributed by atoms with Crippen LogP contribution in [-0.2, 0) is 0 Å². The first kappa shape index (κ1) is 28.4. The molecular weight excluding hydrogens is 645 g/mol. The van der Waals surface area contributed by atoms with E-state index in [-0.39, 0.29) is 0 Å². The lowest BCUT2D eigenvalue weighted by atomic mass is 9.94. The Morgan fingerprint density at radius 1 is 0.400 bits per heavy atom. The molecule has 4 heterocycles. The highest BCUT2D eigenvalue weighted by atomic mass is 32.1. The van der Waals surface area contributed by atoms with Crippen molar-refractivity contribution in [3.05, 3.63) is 144 Å². The van der Waals surface area contributed by atoms with Crippen molar-refractivity contribution in [3.63, 3.8) is 0 Å². The molecule has 238 valence electrons. The zero-order valence-electron chi connectivity index (χ0n) is 28.3. The smallest absolute Gasteiger partial charge is 0.0736 e. The topological polar surface area (TPSA) is 8.82 Å². The van der Waals surface area contributed by atoms with Gasteiger partial charge in [-0.05, 0) is 121 Å². The van der Waals surface area contributed by atoms with E-state index in [9.17, 15) is 0 Å². The highest BCUT2D eigenvalue weighted by Gasteiger charge is 2.26. The lowest BCUT2D eigenvalue weighted by Crippen LogP contribution is -1.91. The van der Waals surface area contributed by atoms with E-state index in [1.807, 2.05) is 22.7 Å². The molecule has 7 aromatic carbocycles. The van der Waals surface area contributed by atoms with Crippen LogP contribution >= 0.6 is 22.7 Å². The van der Waals surface area contributed by atoms with Crippen LogP contribution in [-0.4, -0.2) is 8.80 Å². The number of rotatable bonds is 2. The van der Waals surface area contributed by atoms with Crippen LogP contribution in [0.5, 0.6) is 0 Å². The van der Waals surface area contributed by atoms with Gasteiger partial charge in [-0.2, -0.15) is 0 Å². The van der Waals surface area contributed by atoms with E-state index >= 15 is 0 Å². The molecule has 0 amide bonds. The molecule has 0 aliphatic carbocycles. The van der Waals surface area contributed by atoms with Gasteiger partial charge < -0.3 is 8.80 Å². The number of aryl methyl sites for hydroxylation is 4. The van der Waals surface area contributed by atoms with E-state index < -0.39 is 0 Å². The van der Waals surface area contributed by atoms with Gasteiger partial charge in [0.2, 0.25) is 0 Å². The summed E-state index contributed by atoms with van der Waals surface area (Å²) in [7, 11) is 0. The van der Waals surface area contributed by atoms with E-state index in [1.165, 1.54) is 118 Å². The van der Waals surface area contributed by atoms with Gasteiger partial charge in [0, 0.05) is 21.5 Å². The number of hydrogen-bond donors (Lipinski definition) is 0. The van der Waals surface area contributed by atoms with E-state index in [2.05, 4.69) is 158 Å². The molecule has 11 aromatic rings. The Labute approximate surface area is 297 Å². The van der Waals surface area contributed by atoms with Crippen LogP contribution in [0.4, 0.5) is 0 Å². The largest absolute Gasteiger partial charge is 0.306 e. The molecule has 50 heavy (non-hydrogen) atoms. The molecule has 4 heteroatoms. The van der Waals surface area contributed by atoms with E-state index in [0.717, 1.165) is 0 Å². The monoisotopic (exact) mass is 676 g/mol. The first-order valence-electron chi connectivity index (χ1n) is 17.3. The van der Waals surface area contributed by atoms with Gasteiger partial charge in [-0.3, -0.25) is 0 Å². The lowest BCUT2D eigenvalue weighted by Gasteiger charge is -2.11. The summed E-state index contributed by atoms with van der Waals surface area (Å²) < 4.78 is 10.4. The lowest BCUT2D eigenvalue weighted by molar-refractivity contribution is 1.35. The first-order chi connectivity index (χ1) is 24.5. The average Bonchev–Trinajstić information content (AvgIpc) is 3.65. The first-order valence-corrected chi connectivity index (χ1v) is 18.9. The third kappa shape index (κ3) is 3.62. The molecule has 11 rings (SSSR count). The number of para-hydroxylation sites is 2. The maximum Gasteiger partial charge on any atom is 0.0736 e. The summed E-state index contributed by atoms with van der Waals surface area (Å²) in [6.07, 6.45) is 0. The predicted octanol–water partition coefficient (Wildman–Crippen LogP) is 13.8. The van der Waals surface area contributed by atoms with Crippen LogP contribution in [0.2, 0.25) is 0 Å². The second-order valence-electron chi connectivity index (χ2n) is 13.9. The van der Waals surface area contributed by atoms with Gasteiger partial charge in [-0.15, -0.1) is 22.7 Å². The van der Waals surface area contributed by atoms with Crippen molar-refractivity contribution in [2.75, 3.05) is 0 Å². The second-order valence-corrected chi connectivity index (χ2v) is 16.0. The molecule has 0 unspecified atom stereocenters. The number of fused-ring (bicyclic) bond motifs is 12. The van der Waals surface area contributed by atoms with Crippen molar-refractivity contribution in [2.24, 2.45) is 0 Å². The zero-order valence-corrected chi connectivity index (χ0v) is 29.9. The van der Waals surface area contributed by atoms with E-state index in [1.54, 1.807) is 0 Å². The molecule has 0 N–H and O–H groups in total. The van der Waals surface area contributed by atoms with Gasteiger partial charge in [0.15, 0.2) is 0 Å². The van der Waals surface area contributed by atoms with Crippen molar-refractivity contribution >= 4 is 96.1 Å². The molecule has 0 fully saturated rings. The molecular formula is C46H32N2S2. The van der Waals surface area contributed by atoms with Crippen LogP contribution in [0.1, 0.15) is 22.3 Å². The Hall–Kier alpha value is -5.42. The number of hydrogen-bond acceptors (Lipinski definition) is 2. The third-order valence-corrected chi connectivity index (χ3v) is 13.3. The highest BCUT2D eigenvalue weighted by Crippen LogP contribution is 2.51. The van der Waals surface area contributed by atoms with Gasteiger partial charge in [0.05, 0.1) is 51.9 Å². The summed E-state index contributed by atoms with van der Waals surface area (Å²) >= 11 is 3.88. The second kappa shape index (κ2) is 10.1. The standard InChI is InChI=1S/C46H32N2S2/c1-25-11-9-12-26(2)39(25)29-19-21-33-31(23-29)41-43-46(50-37-17-7-5-15-35(37)47(33)43)42-32-24-30(40-27(3)13-10-14-28(40)4)20-22-34(32)48-36-16-6-8-18-38(36)49-45(41)44(42)48/h5-24H,1-4H3. The molecule has 0 saturated carbocycles. The van der Waals surface area contributed by atoms with Crippen molar-refractivity contribution in [1.82, 2.24) is 8.80 Å². The quantitative estimate of drug-likeness (QED) is 0.161. The summed E-state index contributed by atoms with van der Waals surface area (Å²) in [4.78, 5) is 0. The van der Waals surface area contributed by atoms with Gasteiger partial charge >= 0.3 is 0 Å². The van der Waals surface area contributed by atoms with Crippen LogP contribution in [0.25, 0.3) is 95.7 Å². The molecule has 0 bridgehead atoms. The van der Waals surface area contributed by atoms with Crippen LogP contribution < -0.4 is 0 Å².